The summed E-state index contributed by atoms with van der Waals surface area (Å²) in [5, 5.41) is 0. The Hall–Kier alpha value is -1.73. The Morgan fingerprint density at radius 3 is 2.67 bits per heavy atom. The molecule has 21 heavy (non-hydrogen) atoms. The number of aromatic nitrogens is 2. The minimum atomic E-state index is -0.316. The zero-order valence-corrected chi connectivity index (χ0v) is 12.9. The lowest BCUT2D eigenvalue weighted by atomic mass is 9.84. The Morgan fingerprint density at radius 2 is 2.14 bits per heavy atom. The van der Waals surface area contributed by atoms with Gasteiger partial charge in [-0.2, -0.15) is 0 Å². The maximum absolute atomic E-state index is 12.2. The average molecular weight is 293 g/mol. The SMILES string of the molecule is CN(CC1CC(C(C)(C)C)NN1)C(=O)c1c[nH]c(=O)cn1. The van der Waals surface area contributed by atoms with Gasteiger partial charge in [0.25, 0.3) is 11.5 Å². The number of rotatable bonds is 3. The molecule has 2 heterocycles. The predicted molar refractivity (Wildman–Crippen MR) is 79.7 cm³/mol. The number of H-pyrrole nitrogens is 1. The molecule has 1 aliphatic rings. The van der Waals surface area contributed by atoms with Crippen LogP contribution in [0.5, 0.6) is 0 Å². The molecular weight excluding hydrogens is 270 g/mol. The van der Waals surface area contributed by atoms with E-state index in [1.54, 1.807) is 11.9 Å². The van der Waals surface area contributed by atoms with Crippen LogP contribution >= 0.6 is 0 Å². The summed E-state index contributed by atoms with van der Waals surface area (Å²) in [4.78, 5) is 31.1. The van der Waals surface area contributed by atoms with Gasteiger partial charge in [0, 0.05) is 31.9 Å². The number of carbonyl (C=O) groups excluding carboxylic acids is 1. The van der Waals surface area contributed by atoms with Gasteiger partial charge in [-0.3, -0.25) is 20.4 Å². The van der Waals surface area contributed by atoms with Crippen molar-refractivity contribution in [1.82, 2.24) is 25.7 Å². The van der Waals surface area contributed by atoms with E-state index in [2.05, 4.69) is 41.6 Å². The lowest BCUT2D eigenvalue weighted by Gasteiger charge is -2.26. The Morgan fingerprint density at radius 1 is 1.43 bits per heavy atom. The van der Waals surface area contributed by atoms with Gasteiger partial charge in [-0.05, 0) is 11.8 Å². The molecule has 7 heteroatoms. The van der Waals surface area contributed by atoms with Crippen molar-refractivity contribution < 1.29 is 4.79 Å². The zero-order chi connectivity index (χ0) is 15.6. The molecule has 1 saturated heterocycles. The van der Waals surface area contributed by atoms with Crippen LogP contribution in [0.4, 0.5) is 0 Å². The van der Waals surface area contributed by atoms with Crippen LogP contribution in [0, 0.1) is 5.41 Å². The van der Waals surface area contributed by atoms with Crippen molar-refractivity contribution in [3.05, 3.63) is 28.4 Å². The number of nitrogens with zero attached hydrogens (tertiary/aromatic N) is 2. The first-order valence-electron chi connectivity index (χ1n) is 7.08. The largest absolute Gasteiger partial charge is 0.339 e. The highest BCUT2D eigenvalue weighted by atomic mass is 16.2. The molecule has 1 aromatic heterocycles. The van der Waals surface area contributed by atoms with Crippen LogP contribution in [0.3, 0.4) is 0 Å². The normalized spacial score (nSPS) is 22.3. The van der Waals surface area contributed by atoms with Gasteiger partial charge in [-0.25, -0.2) is 4.98 Å². The van der Waals surface area contributed by atoms with Crippen molar-refractivity contribution in [3.63, 3.8) is 0 Å². The van der Waals surface area contributed by atoms with Gasteiger partial charge in [0.1, 0.15) is 5.69 Å². The summed E-state index contributed by atoms with van der Waals surface area (Å²) in [6.07, 6.45) is 3.42. The maximum Gasteiger partial charge on any atom is 0.273 e. The Balaban J connectivity index is 1.93. The molecule has 2 unspecified atom stereocenters. The molecule has 2 atom stereocenters. The fraction of sp³-hybridized carbons (Fsp3) is 0.643. The number of hydrogen-bond acceptors (Lipinski definition) is 5. The fourth-order valence-electron chi connectivity index (χ4n) is 2.38. The lowest BCUT2D eigenvalue weighted by molar-refractivity contribution is 0.0776. The van der Waals surface area contributed by atoms with Gasteiger partial charge < -0.3 is 9.88 Å². The number of likely N-dealkylation sites (N-methyl/N-ethyl adjacent to an activating group) is 1. The van der Waals surface area contributed by atoms with E-state index in [1.807, 2.05) is 0 Å². The fourth-order valence-corrected chi connectivity index (χ4v) is 2.38. The van der Waals surface area contributed by atoms with Gasteiger partial charge in [-0.1, -0.05) is 20.8 Å². The molecule has 0 bridgehead atoms. The summed E-state index contributed by atoms with van der Waals surface area (Å²) >= 11 is 0. The molecule has 0 aromatic carbocycles. The second-order valence-electron chi connectivity index (χ2n) is 6.62. The summed E-state index contributed by atoms with van der Waals surface area (Å²) in [6.45, 7) is 7.15. The van der Waals surface area contributed by atoms with E-state index < -0.39 is 0 Å². The number of aromatic amines is 1. The second kappa shape index (κ2) is 5.95. The van der Waals surface area contributed by atoms with Crippen molar-refractivity contribution in [1.29, 1.82) is 0 Å². The highest BCUT2D eigenvalue weighted by Gasteiger charge is 2.33. The van der Waals surface area contributed by atoms with Crippen LogP contribution in [-0.2, 0) is 0 Å². The minimum Gasteiger partial charge on any atom is -0.339 e. The highest BCUT2D eigenvalue weighted by molar-refractivity contribution is 5.91. The third-order valence-electron chi connectivity index (χ3n) is 3.76. The third-order valence-corrected chi connectivity index (χ3v) is 3.76. The summed E-state index contributed by atoms with van der Waals surface area (Å²) in [7, 11) is 1.74. The van der Waals surface area contributed by atoms with Crippen LogP contribution in [0.2, 0.25) is 0 Å². The van der Waals surface area contributed by atoms with Crippen LogP contribution in [-0.4, -0.2) is 46.5 Å². The molecule has 116 valence electrons. The third kappa shape index (κ3) is 3.89. The van der Waals surface area contributed by atoms with Crippen LogP contribution in [0.1, 0.15) is 37.7 Å². The Bertz CT molecular complexity index is 543. The monoisotopic (exact) mass is 293 g/mol. The number of carbonyl (C=O) groups is 1. The Kier molecular flexibility index (Phi) is 4.43. The minimum absolute atomic E-state index is 0.171. The first kappa shape index (κ1) is 15.7. The van der Waals surface area contributed by atoms with Gasteiger partial charge in [0.05, 0.1) is 6.20 Å². The summed E-state index contributed by atoms with van der Waals surface area (Å²) < 4.78 is 0. The summed E-state index contributed by atoms with van der Waals surface area (Å²) in [5.41, 5.74) is 6.63. The lowest BCUT2D eigenvalue weighted by Crippen LogP contribution is -2.43. The van der Waals surface area contributed by atoms with Crippen LogP contribution in [0.25, 0.3) is 0 Å². The number of hydrogen-bond donors (Lipinski definition) is 3. The molecule has 1 aromatic rings. The molecule has 3 N–H and O–H groups in total. The van der Waals surface area contributed by atoms with Crippen molar-refractivity contribution in [2.45, 2.75) is 39.3 Å². The number of hydrazine groups is 1. The van der Waals surface area contributed by atoms with Crippen molar-refractivity contribution in [2.24, 2.45) is 5.41 Å². The molecule has 0 spiro atoms. The van der Waals surface area contributed by atoms with Gasteiger partial charge in [0.15, 0.2) is 0 Å². The van der Waals surface area contributed by atoms with Gasteiger partial charge >= 0.3 is 0 Å². The molecule has 7 nitrogen and oxygen atoms in total. The molecule has 0 radical (unpaired) electrons. The molecule has 1 aliphatic heterocycles. The van der Waals surface area contributed by atoms with Crippen LogP contribution in [0.15, 0.2) is 17.2 Å². The van der Waals surface area contributed by atoms with E-state index in [0.29, 0.717) is 12.6 Å². The number of nitrogens with one attached hydrogen (secondary N) is 3. The van der Waals surface area contributed by atoms with E-state index in [-0.39, 0.29) is 28.6 Å². The van der Waals surface area contributed by atoms with E-state index in [1.165, 1.54) is 6.20 Å². The predicted octanol–water partition coefficient (Wildman–Crippen LogP) is 0.123. The molecule has 0 saturated carbocycles. The van der Waals surface area contributed by atoms with E-state index in [9.17, 15) is 9.59 Å². The maximum atomic E-state index is 12.2. The molecule has 0 aliphatic carbocycles. The standard InChI is InChI=1S/C14H23N5O2/c1-14(2,3)11-5-9(17-18-11)8-19(4)13(21)10-6-16-12(20)7-15-10/h6-7,9,11,17-18H,5,8H2,1-4H3,(H,16,20). The highest BCUT2D eigenvalue weighted by Crippen LogP contribution is 2.25. The molecule has 1 amide bonds. The van der Waals surface area contributed by atoms with E-state index in [0.717, 1.165) is 12.6 Å². The molecular formula is C14H23N5O2. The molecule has 2 rings (SSSR count). The summed E-state index contributed by atoms with van der Waals surface area (Å²) in [5.74, 6) is -0.202. The smallest absolute Gasteiger partial charge is 0.273 e. The Labute approximate surface area is 124 Å². The van der Waals surface area contributed by atoms with Crippen molar-refractivity contribution >= 4 is 5.91 Å². The van der Waals surface area contributed by atoms with Gasteiger partial charge in [-0.15, -0.1) is 0 Å². The molecule has 1 fully saturated rings. The quantitative estimate of drug-likeness (QED) is 0.736. The van der Waals surface area contributed by atoms with Crippen LogP contribution < -0.4 is 16.4 Å². The van der Waals surface area contributed by atoms with E-state index in [4.69, 9.17) is 0 Å². The average Bonchev–Trinajstić information content (AvgIpc) is 2.87. The topological polar surface area (TPSA) is 90.1 Å². The number of amides is 1. The second-order valence-corrected chi connectivity index (χ2v) is 6.62. The summed E-state index contributed by atoms with van der Waals surface area (Å²) in [6, 6.07) is 0.572. The first-order chi connectivity index (χ1) is 9.77. The van der Waals surface area contributed by atoms with E-state index >= 15 is 0 Å². The zero-order valence-electron chi connectivity index (χ0n) is 12.9. The van der Waals surface area contributed by atoms with Crippen molar-refractivity contribution in [2.75, 3.05) is 13.6 Å². The first-order valence-corrected chi connectivity index (χ1v) is 7.08. The van der Waals surface area contributed by atoms with Gasteiger partial charge in [0.2, 0.25) is 0 Å². The van der Waals surface area contributed by atoms with Crippen molar-refractivity contribution in [3.8, 4) is 0 Å².